The Morgan fingerprint density at radius 2 is 1.82 bits per heavy atom. The van der Waals surface area contributed by atoms with Crippen molar-refractivity contribution in [3.05, 3.63) is 35.9 Å². The van der Waals surface area contributed by atoms with E-state index < -0.39 is 15.8 Å². The summed E-state index contributed by atoms with van der Waals surface area (Å²) in [6, 6.07) is 8.93. The topological polar surface area (TPSA) is 49.4 Å². The number of amides is 2. The van der Waals surface area contributed by atoms with Crippen LogP contribution in [0.2, 0.25) is 0 Å². The Hall–Kier alpha value is -1.26. The zero-order valence-electron chi connectivity index (χ0n) is 12.9. The van der Waals surface area contributed by atoms with Crippen molar-refractivity contribution in [2.45, 2.75) is 30.1 Å². The average Bonchev–Trinajstić information content (AvgIpc) is 2.98. The van der Waals surface area contributed by atoms with Crippen LogP contribution in [-0.4, -0.2) is 41.2 Å². The second-order valence-corrected chi connectivity index (χ2v) is 7.65. The Labute approximate surface area is 140 Å². The summed E-state index contributed by atoms with van der Waals surface area (Å²) in [6.45, 7) is 1.71. The van der Waals surface area contributed by atoms with Crippen molar-refractivity contribution >= 4 is 35.0 Å². The fraction of sp³-hybridized carbons (Fsp3) is 0.500. The van der Waals surface area contributed by atoms with Gasteiger partial charge in [0.2, 0.25) is 11.8 Å². The van der Waals surface area contributed by atoms with E-state index in [1.165, 1.54) is 4.90 Å². The normalized spacial score (nSPS) is 23.5. The molecule has 2 amide bonds. The highest BCUT2D eigenvalue weighted by Crippen LogP contribution is 2.63. The zero-order valence-corrected chi connectivity index (χ0v) is 14.4. The predicted octanol–water partition coefficient (Wildman–Crippen LogP) is 2.39. The largest absolute Gasteiger partial charge is 0.347 e. The van der Waals surface area contributed by atoms with Crippen LogP contribution in [0.5, 0.6) is 0 Å². The van der Waals surface area contributed by atoms with Gasteiger partial charge in [0.15, 0.2) is 0 Å². The third kappa shape index (κ3) is 3.39. The van der Waals surface area contributed by atoms with E-state index in [0.29, 0.717) is 12.8 Å². The summed E-state index contributed by atoms with van der Waals surface area (Å²) < 4.78 is -1.05. The van der Waals surface area contributed by atoms with Gasteiger partial charge in [0.1, 0.15) is 10.4 Å². The average molecular weight is 343 g/mol. The number of carbonyl (C=O) groups is 2. The van der Waals surface area contributed by atoms with Gasteiger partial charge in [0, 0.05) is 20.5 Å². The lowest BCUT2D eigenvalue weighted by Crippen LogP contribution is -2.50. The molecule has 2 atom stereocenters. The van der Waals surface area contributed by atoms with Crippen LogP contribution in [0.1, 0.15) is 18.9 Å². The minimum atomic E-state index is -1.05. The van der Waals surface area contributed by atoms with Gasteiger partial charge in [0.25, 0.3) is 0 Å². The molecule has 0 saturated heterocycles. The number of likely N-dealkylation sites (N-methyl/N-ethyl adjacent to an activating group) is 1. The predicted molar refractivity (Wildman–Crippen MR) is 87.9 cm³/mol. The minimum Gasteiger partial charge on any atom is -0.347 e. The number of rotatable bonds is 5. The van der Waals surface area contributed by atoms with Gasteiger partial charge in [0.05, 0.1) is 5.41 Å². The first-order valence-corrected chi connectivity index (χ1v) is 7.87. The maximum absolute atomic E-state index is 12.4. The molecule has 1 aromatic rings. The van der Waals surface area contributed by atoms with Crippen molar-refractivity contribution in [2.75, 3.05) is 14.1 Å². The maximum atomic E-state index is 12.4. The standard InChI is InChI=1S/C16H20Cl2N2O2/c1-15(10-16(15,17)18)14(22)19-12(13(21)20(2)3)9-11-7-5-4-6-8-11/h4-8,12H,9-10H2,1-3H3,(H,19,22)/t12-,15+/m1/s1. The van der Waals surface area contributed by atoms with Crippen LogP contribution in [0, 0.1) is 5.41 Å². The summed E-state index contributed by atoms with van der Waals surface area (Å²) in [6.07, 6.45) is 0.820. The molecule has 1 aromatic carbocycles. The number of nitrogens with one attached hydrogen (secondary N) is 1. The van der Waals surface area contributed by atoms with Crippen LogP contribution in [-0.2, 0) is 16.0 Å². The molecule has 1 aliphatic carbocycles. The molecule has 22 heavy (non-hydrogen) atoms. The first-order chi connectivity index (χ1) is 10.2. The number of carbonyl (C=O) groups excluding carboxylic acids is 2. The SMILES string of the molecule is CN(C)C(=O)[C@@H](Cc1ccccc1)NC(=O)[C@]1(C)CC1(Cl)Cl. The zero-order chi connectivity index (χ0) is 16.5. The van der Waals surface area contributed by atoms with Crippen molar-refractivity contribution in [1.82, 2.24) is 10.2 Å². The number of nitrogens with zero attached hydrogens (tertiary/aromatic N) is 1. The molecule has 6 heteroatoms. The van der Waals surface area contributed by atoms with Gasteiger partial charge in [-0.15, -0.1) is 23.2 Å². The third-order valence-electron chi connectivity index (χ3n) is 4.09. The van der Waals surface area contributed by atoms with Gasteiger partial charge >= 0.3 is 0 Å². The monoisotopic (exact) mass is 342 g/mol. The molecule has 0 aromatic heterocycles. The fourth-order valence-electron chi connectivity index (χ4n) is 2.33. The summed E-state index contributed by atoms with van der Waals surface area (Å²) in [5, 5.41) is 2.81. The summed E-state index contributed by atoms with van der Waals surface area (Å²) in [5.41, 5.74) is 0.143. The maximum Gasteiger partial charge on any atom is 0.244 e. The van der Waals surface area contributed by atoms with Gasteiger partial charge in [-0.2, -0.15) is 0 Å². The lowest BCUT2D eigenvalue weighted by molar-refractivity contribution is -0.135. The quantitative estimate of drug-likeness (QED) is 0.835. The van der Waals surface area contributed by atoms with Crippen molar-refractivity contribution < 1.29 is 9.59 Å². The Balaban J connectivity index is 2.12. The van der Waals surface area contributed by atoms with E-state index in [1.807, 2.05) is 30.3 Å². The molecule has 1 aliphatic rings. The number of alkyl halides is 2. The highest BCUT2D eigenvalue weighted by Gasteiger charge is 2.68. The lowest BCUT2D eigenvalue weighted by atomic mass is 10.0. The molecule has 120 valence electrons. The van der Waals surface area contributed by atoms with Crippen LogP contribution < -0.4 is 5.32 Å². The van der Waals surface area contributed by atoms with Crippen LogP contribution in [0.4, 0.5) is 0 Å². The second-order valence-electron chi connectivity index (χ2n) is 6.16. The van der Waals surface area contributed by atoms with E-state index in [-0.39, 0.29) is 11.8 Å². The van der Waals surface area contributed by atoms with E-state index in [2.05, 4.69) is 5.32 Å². The van der Waals surface area contributed by atoms with E-state index in [4.69, 9.17) is 23.2 Å². The summed E-state index contributed by atoms with van der Waals surface area (Å²) in [7, 11) is 3.33. The van der Waals surface area contributed by atoms with Crippen molar-refractivity contribution in [2.24, 2.45) is 5.41 Å². The van der Waals surface area contributed by atoms with E-state index in [9.17, 15) is 9.59 Å². The highest BCUT2D eigenvalue weighted by molar-refractivity contribution is 6.53. The van der Waals surface area contributed by atoms with Crippen LogP contribution in [0.15, 0.2) is 30.3 Å². The molecule has 1 saturated carbocycles. The smallest absolute Gasteiger partial charge is 0.244 e. The van der Waals surface area contributed by atoms with E-state index >= 15 is 0 Å². The van der Waals surface area contributed by atoms with Crippen LogP contribution in [0.3, 0.4) is 0 Å². The van der Waals surface area contributed by atoms with Gasteiger partial charge < -0.3 is 10.2 Å². The molecular weight excluding hydrogens is 323 g/mol. The first kappa shape index (κ1) is 17.1. The number of hydrogen-bond donors (Lipinski definition) is 1. The van der Waals surface area contributed by atoms with E-state index in [1.54, 1.807) is 21.0 Å². The summed E-state index contributed by atoms with van der Waals surface area (Å²) in [4.78, 5) is 26.2. The van der Waals surface area contributed by atoms with Crippen LogP contribution in [0.25, 0.3) is 0 Å². The van der Waals surface area contributed by atoms with Crippen molar-refractivity contribution in [3.63, 3.8) is 0 Å². The van der Waals surface area contributed by atoms with Crippen molar-refractivity contribution in [1.29, 1.82) is 0 Å². The van der Waals surface area contributed by atoms with Gasteiger partial charge in [-0.25, -0.2) is 0 Å². The Morgan fingerprint density at radius 1 is 1.27 bits per heavy atom. The van der Waals surface area contributed by atoms with Gasteiger partial charge in [-0.3, -0.25) is 9.59 Å². The Bertz CT molecular complexity index is 575. The lowest BCUT2D eigenvalue weighted by Gasteiger charge is -2.24. The second kappa shape index (κ2) is 6.09. The fourth-order valence-corrected chi connectivity index (χ4v) is 3.03. The van der Waals surface area contributed by atoms with Crippen LogP contribution >= 0.6 is 23.2 Å². The number of benzene rings is 1. The molecular formula is C16H20Cl2N2O2. The van der Waals surface area contributed by atoms with Gasteiger partial charge in [-0.05, 0) is 18.9 Å². The molecule has 0 spiro atoms. The molecule has 0 radical (unpaired) electrons. The van der Waals surface area contributed by atoms with Gasteiger partial charge in [-0.1, -0.05) is 30.3 Å². The Kier molecular flexibility index (Phi) is 4.73. The molecule has 0 bridgehead atoms. The first-order valence-electron chi connectivity index (χ1n) is 7.11. The molecule has 0 unspecified atom stereocenters. The third-order valence-corrected chi connectivity index (χ3v) is 5.19. The minimum absolute atomic E-state index is 0.156. The van der Waals surface area contributed by atoms with Crippen molar-refractivity contribution in [3.8, 4) is 0 Å². The number of halogens is 2. The summed E-state index contributed by atoms with van der Waals surface area (Å²) in [5.74, 6) is -0.440. The molecule has 0 aliphatic heterocycles. The molecule has 4 nitrogen and oxygen atoms in total. The molecule has 1 fully saturated rings. The number of hydrogen-bond acceptors (Lipinski definition) is 2. The molecule has 0 heterocycles. The molecule has 1 N–H and O–H groups in total. The summed E-state index contributed by atoms with van der Waals surface area (Å²) >= 11 is 12.1. The Morgan fingerprint density at radius 3 is 2.27 bits per heavy atom. The highest BCUT2D eigenvalue weighted by atomic mass is 35.5. The molecule has 2 rings (SSSR count). The van der Waals surface area contributed by atoms with E-state index in [0.717, 1.165) is 5.56 Å².